The van der Waals surface area contributed by atoms with E-state index in [-0.39, 0.29) is 18.7 Å². The van der Waals surface area contributed by atoms with Crippen molar-refractivity contribution < 1.29 is 25.2 Å². The van der Waals surface area contributed by atoms with Crippen molar-refractivity contribution in [2.45, 2.75) is 71.8 Å². The van der Waals surface area contributed by atoms with Crippen molar-refractivity contribution in [2.24, 2.45) is 0 Å². The molecule has 0 spiro atoms. The van der Waals surface area contributed by atoms with Crippen LogP contribution in [0.2, 0.25) is 0 Å². The molecule has 0 saturated carbocycles. The van der Waals surface area contributed by atoms with Gasteiger partial charge in [0.1, 0.15) is 24.9 Å². The van der Waals surface area contributed by atoms with Crippen molar-refractivity contribution in [3.05, 3.63) is 33.1 Å². The quantitative estimate of drug-likeness (QED) is 0.557. The third-order valence-electron chi connectivity index (χ3n) is 5.72. The summed E-state index contributed by atoms with van der Waals surface area (Å²) in [4.78, 5) is 17.3. The standard InChI is InChI=1S/C20H28N2O6.CH4/c1-10-7-12-16-15(11(10)2)20(3,4)5-6-22(16)19(27)18(21-12)28-9-14(25)17(26)13(24)8-23;/h7,13-14,17,23-26H,5-6,8-9H2,1-4H3;1H4/t13-,14+,17-;/m1./s1. The van der Waals surface area contributed by atoms with Crippen LogP contribution in [0.25, 0.3) is 11.0 Å². The topological polar surface area (TPSA) is 125 Å². The lowest BCUT2D eigenvalue weighted by molar-refractivity contribution is -0.0875. The van der Waals surface area contributed by atoms with Gasteiger partial charge in [-0.05, 0) is 48.4 Å². The molecule has 0 unspecified atom stereocenters. The maximum Gasteiger partial charge on any atom is 0.313 e. The highest BCUT2D eigenvalue weighted by Crippen LogP contribution is 2.40. The van der Waals surface area contributed by atoms with E-state index in [0.717, 1.165) is 28.6 Å². The fourth-order valence-corrected chi connectivity index (χ4v) is 3.90. The number of hydrogen-bond donors (Lipinski definition) is 4. The van der Waals surface area contributed by atoms with Crippen LogP contribution in [-0.4, -0.2) is 61.5 Å². The van der Waals surface area contributed by atoms with Crippen LogP contribution >= 0.6 is 0 Å². The molecule has 8 nitrogen and oxygen atoms in total. The first-order valence-electron chi connectivity index (χ1n) is 9.41. The number of aromatic nitrogens is 2. The van der Waals surface area contributed by atoms with E-state index in [1.54, 1.807) is 4.57 Å². The lowest BCUT2D eigenvalue weighted by Gasteiger charge is -2.35. The first-order chi connectivity index (χ1) is 13.1. The number of rotatable bonds is 6. The van der Waals surface area contributed by atoms with Crippen LogP contribution in [0.3, 0.4) is 0 Å². The molecular weight excluding hydrogens is 376 g/mol. The summed E-state index contributed by atoms with van der Waals surface area (Å²) in [6, 6.07) is 1.92. The SMILES string of the molecule is C.Cc1cc2nc(OC[C@H](O)[C@H](O)[C@H](O)CO)c(=O)n3c2c(c1C)C(C)(C)CC3. The Morgan fingerprint density at radius 2 is 1.90 bits per heavy atom. The molecule has 29 heavy (non-hydrogen) atoms. The molecule has 0 aliphatic carbocycles. The molecule has 1 aliphatic rings. The normalized spacial score (nSPS) is 18.1. The number of ether oxygens (including phenoxy) is 1. The smallest absolute Gasteiger partial charge is 0.313 e. The molecule has 0 amide bonds. The summed E-state index contributed by atoms with van der Waals surface area (Å²) in [6.45, 7) is 7.79. The van der Waals surface area contributed by atoms with Gasteiger partial charge in [-0.3, -0.25) is 4.79 Å². The van der Waals surface area contributed by atoms with Gasteiger partial charge in [-0.2, -0.15) is 0 Å². The fraction of sp³-hybridized carbons (Fsp3) is 0.619. The van der Waals surface area contributed by atoms with Crippen molar-refractivity contribution in [2.75, 3.05) is 13.2 Å². The summed E-state index contributed by atoms with van der Waals surface area (Å²) in [6.07, 6.45) is -3.77. The lowest BCUT2D eigenvalue weighted by atomic mass is 9.75. The average Bonchev–Trinajstić information content (AvgIpc) is 2.65. The van der Waals surface area contributed by atoms with E-state index < -0.39 is 37.1 Å². The summed E-state index contributed by atoms with van der Waals surface area (Å²) < 4.78 is 7.07. The second-order valence-corrected chi connectivity index (χ2v) is 8.19. The van der Waals surface area contributed by atoms with Crippen LogP contribution in [0, 0.1) is 13.8 Å². The lowest BCUT2D eigenvalue weighted by Crippen LogP contribution is -2.43. The van der Waals surface area contributed by atoms with E-state index in [4.69, 9.17) is 9.84 Å². The second kappa shape index (κ2) is 8.39. The molecule has 3 rings (SSSR count). The van der Waals surface area contributed by atoms with Gasteiger partial charge >= 0.3 is 5.56 Å². The molecule has 0 fully saturated rings. The average molecular weight is 408 g/mol. The van der Waals surface area contributed by atoms with Gasteiger partial charge in [-0.15, -0.1) is 0 Å². The molecule has 1 aromatic heterocycles. The van der Waals surface area contributed by atoms with Gasteiger partial charge in [0.25, 0.3) is 5.88 Å². The number of aliphatic hydroxyl groups excluding tert-OH is 4. The minimum Gasteiger partial charge on any atom is -0.471 e. The Morgan fingerprint density at radius 1 is 1.24 bits per heavy atom. The number of aliphatic hydroxyl groups is 4. The van der Waals surface area contributed by atoms with E-state index in [1.807, 2.05) is 13.0 Å². The summed E-state index contributed by atoms with van der Waals surface area (Å²) >= 11 is 0. The highest BCUT2D eigenvalue weighted by atomic mass is 16.5. The maximum atomic E-state index is 12.9. The summed E-state index contributed by atoms with van der Waals surface area (Å²) in [5.74, 6) is -0.161. The minimum atomic E-state index is -1.59. The van der Waals surface area contributed by atoms with Crippen LogP contribution in [0.4, 0.5) is 0 Å². The molecule has 4 N–H and O–H groups in total. The molecule has 1 aliphatic heterocycles. The molecule has 2 heterocycles. The van der Waals surface area contributed by atoms with Gasteiger partial charge in [-0.1, -0.05) is 21.3 Å². The van der Waals surface area contributed by atoms with E-state index in [1.165, 1.54) is 0 Å². The zero-order chi connectivity index (χ0) is 20.8. The zero-order valence-corrected chi connectivity index (χ0v) is 16.6. The molecule has 162 valence electrons. The van der Waals surface area contributed by atoms with Gasteiger partial charge in [0.05, 0.1) is 17.6 Å². The highest BCUT2D eigenvalue weighted by Gasteiger charge is 2.33. The summed E-state index contributed by atoms with van der Waals surface area (Å²) in [5.41, 5.74) is 4.33. The Morgan fingerprint density at radius 3 is 2.52 bits per heavy atom. The molecule has 2 aromatic rings. The molecule has 0 radical (unpaired) electrons. The van der Waals surface area contributed by atoms with Gasteiger partial charge in [-0.25, -0.2) is 4.98 Å². The summed E-state index contributed by atoms with van der Waals surface area (Å²) in [7, 11) is 0. The predicted molar refractivity (Wildman–Crippen MR) is 110 cm³/mol. The van der Waals surface area contributed by atoms with Crippen LogP contribution in [0.5, 0.6) is 5.88 Å². The van der Waals surface area contributed by atoms with Crippen LogP contribution in [0.15, 0.2) is 10.9 Å². The maximum absolute atomic E-state index is 12.9. The van der Waals surface area contributed by atoms with E-state index >= 15 is 0 Å². The predicted octanol–water partition coefficient (Wildman–Crippen LogP) is 0.785. The van der Waals surface area contributed by atoms with Crippen molar-refractivity contribution in [3.8, 4) is 5.88 Å². The molecular formula is C21H32N2O6. The monoisotopic (exact) mass is 408 g/mol. The largest absolute Gasteiger partial charge is 0.471 e. The third-order valence-corrected chi connectivity index (χ3v) is 5.72. The van der Waals surface area contributed by atoms with Gasteiger partial charge in [0, 0.05) is 6.54 Å². The first kappa shape index (κ1) is 23.3. The van der Waals surface area contributed by atoms with Crippen LogP contribution in [-0.2, 0) is 12.0 Å². The molecule has 0 saturated heterocycles. The van der Waals surface area contributed by atoms with Crippen molar-refractivity contribution >= 4 is 11.0 Å². The van der Waals surface area contributed by atoms with Gasteiger partial charge < -0.3 is 29.7 Å². The van der Waals surface area contributed by atoms with Crippen molar-refractivity contribution in [1.82, 2.24) is 9.55 Å². The number of aryl methyl sites for hydroxylation is 2. The molecule has 1 aromatic carbocycles. The van der Waals surface area contributed by atoms with Crippen LogP contribution in [0.1, 0.15) is 44.4 Å². The number of benzene rings is 1. The first-order valence-corrected chi connectivity index (χ1v) is 9.41. The number of nitrogens with zero attached hydrogens (tertiary/aromatic N) is 2. The second-order valence-electron chi connectivity index (χ2n) is 8.19. The summed E-state index contributed by atoms with van der Waals surface area (Å²) in [5, 5.41) is 37.9. The van der Waals surface area contributed by atoms with Crippen LogP contribution < -0.4 is 10.3 Å². The Kier molecular flexibility index (Phi) is 6.74. The minimum absolute atomic E-state index is 0. The van der Waals surface area contributed by atoms with Gasteiger partial charge in [0.15, 0.2) is 0 Å². The van der Waals surface area contributed by atoms with E-state index in [0.29, 0.717) is 12.1 Å². The Bertz CT molecular complexity index is 953. The highest BCUT2D eigenvalue weighted by molar-refractivity contribution is 5.83. The Balaban J connectivity index is 0.00000300. The van der Waals surface area contributed by atoms with Crippen molar-refractivity contribution in [3.63, 3.8) is 0 Å². The number of hydrogen-bond acceptors (Lipinski definition) is 7. The van der Waals surface area contributed by atoms with Gasteiger partial charge in [0.2, 0.25) is 0 Å². The van der Waals surface area contributed by atoms with E-state index in [9.17, 15) is 20.1 Å². The van der Waals surface area contributed by atoms with Crippen molar-refractivity contribution in [1.29, 1.82) is 0 Å². The Labute approximate surface area is 170 Å². The third kappa shape index (κ3) is 4.02. The Hall–Kier alpha value is -2.00. The molecule has 8 heteroatoms. The molecule has 0 bridgehead atoms. The van der Waals surface area contributed by atoms with E-state index in [2.05, 4.69) is 25.8 Å². The fourth-order valence-electron chi connectivity index (χ4n) is 3.90. The zero-order valence-electron chi connectivity index (χ0n) is 16.6. The molecule has 3 atom stereocenters.